The summed E-state index contributed by atoms with van der Waals surface area (Å²) in [6, 6.07) is 8.65. The maximum Gasteiger partial charge on any atom is 0.407 e. The summed E-state index contributed by atoms with van der Waals surface area (Å²) in [6.45, 7) is -0.684. The summed E-state index contributed by atoms with van der Waals surface area (Å²) >= 11 is 0. The van der Waals surface area contributed by atoms with Gasteiger partial charge in [0.2, 0.25) is 0 Å². The first-order valence-electron chi connectivity index (χ1n) is 6.36. The highest BCUT2D eigenvalue weighted by atomic mass is 16.5. The third-order valence-corrected chi connectivity index (χ3v) is 2.70. The summed E-state index contributed by atoms with van der Waals surface area (Å²) in [5, 5.41) is 20.2. The molecule has 0 radical (unpaired) electrons. The Kier molecular flexibility index (Phi) is 7.31. The summed E-state index contributed by atoms with van der Waals surface area (Å²) < 4.78 is 5.00. The third kappa shape index (κ3) is 6.31. The predicted octanol–water partition coefficient (Wildman–Crippen LogP) is 0.615. The van der Waals surface area contributed by atoms with Crippen LogP contribution in [0, 0.1) is 0 Å². The molecule has 0 bridgehead atoms. The van der Waals surface area contributed by atoms with Gasteiger partial charge in [-0.1, -0.05) is 30.3 Å². The minimum absolute atomic E-state index is 0.0979. The van der Waals surface area contributed by atoms with Gasteiger partial charge >= 0.3 is 6.09 Å². The van der Waals surface area contributed by atoms with Gasteiger partial charge in [0.15, 0.2) is 5.78 Å². The fourth-order valence-corrected chi connectivity index (χ4v) is 1.55. The van der Waals surface area contributed by atoms with E-state index < -0.39 is 18.7 Å². The molecule has 0 aliphatic carbocycles. The van der Waals surface area contributed by atoms with Gasteiger partial charge in [-0.25, -0.2) is 4.79 Å². The smallest absolute Gasteiger partial charge is 0.407 e. The molecule has 1 rings (SSSR count). The molecule has 0 saturated carbocycles. The van der Waals surface area contributed by atoms with Crippen molar-refractivity contribution in [2.24, 2.45) is 0 Å². The van der Waals surface area contributed by atoms with E-state index in [1.807, 2.05) is 30.3 Å². The third-order valence-electron chi connectivity index (χ3n) is 2.70. The first-order valence-corrected chi connectivity index (χ1v) is 6.36. The summed E-state index contributed by atoms with van der Waals surface area (Å²) in [5.74, 6) is -0.331. The maximum absolute atomic E-state index is 11.5. The second kappa shape index (κ2) is 9.06. The van der Waals surface area contributed by atoms with Crippen molar-refractivity contribution < 1.29 is 24.5 Å². The number of hydrogen-bond acceptors (Lipinski definition) is 5. The molecule has 20 heavy (non-hydrogen) atoms. The highest BCUT2D eigenvalue weighted by Gasteiger charge is 2.13. The number of ketones is 1. The van der Waals surface area contributed by atoms with Crippen LogP contribution in [0.5, 0.6) is 0 Å². The molecule has 1 aromatic carbocycles. The Morgan fingerprint density at radius 3 is 2.50 bits per heavy atom. The molecule has 0 saturated heterocycles. The number of ether oxygens (including phenoxy) is 1. The lowest BCUT2D eigenvalue weighted by atomic mass is 10.1. The summed E-state index contributed by atoms with van der Waals surface area (Å²) in [5.41, 5.74) is 0.860. The molecule has 0 spiro atoms. The van der Waals surface area contributed by atoms with E-state index in [1.165, 1.54) is 0 Å². The number of amides is 1. The van der Waals surface area contributed by atoms with Crippen LogP contribution in [0.15, 0.2) is 30.3 Å². The molecule has 0 aromatic heterocycles. The van der Waals surface area contributed by atoms with Gasteiger partial charge in [0.1, 0.15) is 13.2 Å². The van der Waals surface area contributed by atoms with Gasteiger partial charge in [-0.3, -0.25) is 4.79 Å². The topological polar surface area (TPSA) is 95.9 Å². The second-order valence-corrected chi connectivity index (χ2v) is 4.32. The zero-order valence-corrected chi connectivity index (χ0v) is 11.1. The van der Waals surface area contributed by atoms with Crippen molar-refractivity contribution in [3.63, 3.8) is 0 Å². The monoisotopic (exact) mass is 281 g/mol. The predicted molar refractivity (Wildman–Crippen MR) is 72.0 cm³/mol. The number of nitrogens with one attached hydrogen (secondary N) is 1. The van der Waals surface area contributed by atoms with Crippen molar-refractivity contribution >= 4 is 11.9 Å². The number of carbonyl (C=O) groups is 2. The van der Waals surface area contributed by atoms with Crippen LogP contribution in [-0.2, 0) is 16.1 Å². The number of carbonyl (C=O) groups excluding carboxylic acids is 2. The van der Waals surface area contributed by atoms with Gasteiger partial charge in [-0.15, -0.1) is 0 Å². The van der Waals surface area contributed by atoms with Gasteiger partial charge in [0, 0.05) is 6.42 Å². The fraction of sp³-hybridized carbons (Fsp3) is 0.429. The number of rotatable bonds is 8. The maximum atomic E-state index is 11.5. The van der Waals surface area contributed by atoms with Gasteiger partial charge in [0.25, 0.3) is 0 Å². The molecule has 0 aliphatic heterocycles. The molecule has 3 N–H and O–H groups in total. The number of Topliss-reactive ketones (excluding diaryl/α,β-unsaturated/α-hetero) is 1. The number of alkyl carbamates (subject to hydrolysis) is 1. The Morgan fingerprint density at radius 2 is 1.90 bits per heavy atom. The second-order valence-electron chi connectivity index (χ2n) is 4.32. The lowest BCUT2D eigenvalue weighted by Crippen LogP contribution is -2.38. The van der Waals surface area contributed by atoms with E-state index in [0.717, 1.165) is 5.56 Å². The van der Waals surface area contributed by atoms with E-state index in [9.17, 15) is 9.59 Å². The molecule has 110 valence electrons. The quantitative estimate of drug-likeness (QED) is 0.649. The molecule has 0 aliphatic rings. The number of benzene rings is 1. The van der Waals surface area contributed by atoms with Crippen LogP contribution in [0.3, 0.4) is 0 Å². The largest absolute Gasteiger partial charge is 0.445 e. The van der Waals surface area contributed by atoms with Crippen LogP contribution in [0.2, 0.25) is 0 Å². The minimum Gasteiger partial charge on any atom is -0.445 e. The number of hydrogen-bond donors (Lipinski definition) is 3. The molecular formula is C14H19NO5. The van der Waals surface area contributed by atoms with Crippen LogP contribution in [0.1, 0.15) is 18.4 Å². The minimum atomic E-state index is -0.649. The highest BCUT2D eigenvalue weighted by molar-refractivity contribution is 5.79. The van der Waals surface area contributed by atoms with Crippen LogP contribution in [-0.4, -0.2) is 41.3 Å². The van der Waals surface area contributed by atoms with E-state index in [-0.39, 0.29) is 31.8 Å². The van der Waals surface area contributed by atoms with Crippen LogP contribution < -0.4 is 5.32 Å². The van der Waals surface area contributed by atoms with Crippen molar-refractivity contribution in [1.29, 1.82) is 0 Å². The van der Waals surface area contributed by atoms with Crippen LogP contribution >= 0.6 is 0 Å². The number of aliphatic hydroxyl groups is 2. The van der Waals surface area contributed by atoms with Gasteiger partial charge in [-0.2, -0.15) is 0 Å². The van der Waals surface area contributed by atoms with Crippen molar-refractivity contribution in [3.05, 3.63) is 35.9 Å². The standard InChI is InChI=1S/C14H19NO5/c16-8-12(6-7-13(18)9-17)15-14(19)20-10-11-4-2-1-3-5-11/h1-5,12,16-17H,6-10H2,(H,15,19). The molecule has 0 heterocycles. The Bertz CT molecular complexity index is 421. The normalized spacial score (nSPS) is 11.7. The molecule has 0 fully saturated rings. The van der Waals surface area contributed by atoms with Gasteiger partial charge in [0.05, 0.1) is 12.6 Å². The molecule has 1 unspecified atom stereocenters. The van der Waals surface area contributed by atoms with Crippen molar-refractivity contribution in [3.8, 4) is 0 Å². The van der Waals surface area contributed by atoms with Crippen LogP contribution in [0.4, 0.5) is 4.79 Å². The highest BCUT2D eigenvalue weighted by Crippen LogP contribution is 2.02. The van der Waals surface area contributed by atoms with Gasteiger partial charge < -0.3 is 20.3 Å². The molecule has 1 atom stereocenters. The SMILES string of the molecule is O=C(CO)CCC(CO)NC(=O)OCc1ccccc1. The molecular weight excluding hydrogens is 262 g/mol. The lowest BCUT2D eigenvalue weighted by Gasteiger charge is -2.15. The molecule has 6 heteroatoms. The Labute approximate surface area is 117 Å². The average molecular weight is 281 g/mol. The fourth-order valence-electron chi connectivity index (χ4n) is 1.55. The Hall–Kier alpha value is -1.92. The molecule has 6 nitrogen and oxygen atoms in total. The van der Waals surface area contributed by atoms with E-state index in [0.29, 0.717) is 0 Å². The van der Waals surface area contributed by atoms with Crippen LogP contribution in [0.25, 0.3) is 0 Å². The summed E-state index contributed by atoms with van der Waals surface area (Å²) in [7, 11) is 0. The van der Waals surface area contributed by atoms with Crippen molar-refractivity contribution in [2.45, 2.75) is 25.5 Å². The van der Waals surface area contributed by atoms with Crippen molar-refractivity contribution in [1.82, 2.24) is 5.32 Å². The van der Waals surface area contributed by atoms with E-state index >= 15 is 0 Å². The average Bonchev–Trinajstić information content (AvgIpc) is 2.49. The van der Waals surface area contributed by atoms with E-state index in [4.69, 9.17) is 14.9 Å². The first-order chi connectivity index (χ1) is 9.65. The summed E-state index contributed by atoms with van der Waals surface area (Å²) in [4.78, 5) is 22.5. The number of aliphatic hydroxyl groups excluding tert-OH is 2. The van der Waals surface area contributed by atoms with Crippen molar-refractivity contribution in [2.75, 3.05) is 13.2 Å². The summed E-state index contributed by atoms with van der Waals surface area (Å²) in [6.07, 6.45) is -0.291. The van der Waals surface area contributed by atoms with E-state index in [1.54, 1.807) is 0 Å². The lowest BCUT2D eigenvalue weighted by molar-refractivity contribution is -0.122. The zero-order chi connectivity index (χ0) is 14.8. The van der Waals surface area contributed by atoms with Gasteiger partial charge in [-0.05, 0) is 12.0 Å². The molecule has 1 aromatic rings. The Morgan fingerprint density at radius 1 is 1.20 bits per heavy atom. The van der Waals surface area contributed by atoms with E-state index in [2.05, 4.69) is 5.32 Å². The Balaban J connectivity index is 2.30. The zero-order valence-electron chi connectivity index (χ0n) is 11.1. The first kappa shape index (κ1) is 16.1. The molecule has 1 amide bonds.